The van der Waals surface area contributed by atoms with Crippen molar-refractivity contribution in [3.05, 3.63) is 83.2 Å². The van der Waals surface area contributed by atoms with Gasteiger partial charge in [0.05, 0.1) is 18.5 Å². The number of hydrogen-bond acceptors (Lipinski definition) is 4. The van der Waals surface area contributed by atoms with Crippen LogP contribution in [0.15, 0.2) is 60.7 Å². The van der Waals surface area contributed by atoms with Crippen molar-refractivity contribution < 1.29 is 14.3 Å². The van der Waals surface area contributed by atoms with Crippen molar-refractivity contribution >= 4 is 11.9 Å². The summed E-state index contributed by atoms with van der Waals surface area (Å²) in [6.07, 6.45) is 0.364. The monoisotopic (exact) mass is 377 g/mol. The molecule has 2 aromatic carbocycles. The smallest absolute Gasteiger partial charge is 0.328 e. The molecule has 1 heterocycles. The lowest BCUT2D eigenvalue weighted by Gasteiger charge is -2.17. The lowest BCUT2D eigenvalue weighted by molar-refractivity contribution is -0.142. The summed E-state index contributed by atoms with van der Waals surface area (Å²) in [6.45, 7) is 3.91. The van der Waals surface area contributed by atoms with Crippen LogP contribution in [-0.2, 0) is 16.0 Å². The van der Waals surface area contributed by atoms with Gasteiger partial charge >= 0.3 is 5.97 Å². The van der Waals surface area contributed by atoms with Crippen LogP contribution in [0.2, 0.25) is 0 Å². The van der Waals surface area contributed by atoms with Gasteiger partial charge in [0.1, 0.15) is 6.04 Å². The highest BCUT2D eigenvalue weighted by Gasteiger charge is 2.22. The van der Waals surface area contributed by atoms with Gasteiger partial charge in [0, 0.05) is 17.7 Å². The Hall–Kier alpha value is -3.41. The number of aryl methyl sites for hydroxylation is 2. The molecular weight excluding hydrogens is 354 g/mol. The van der Waals surface area contributed by atoms with E-state index in [9.17, 15) is 9.59 Å². The number of nitrogens with zero attached hydrogens (tertiary/aromatic N) is 2. The molecule has 144 valence electrons. The molecule has 0 aliphatic carbocycles. The molecule has 0 fully saturated rings. The molecule has 28 heavy (non-hydrogen) atoms. The molecule has 1 N–H and O–H groups in total. The van der Waals surface area contributed by atoms with E-state index in [1.54, 1.807) is 12.1 Å². The number of amides is 1. The lowest BCUT2D eigenvalue weighted by atomic mass is 10.1. The Kier molecular flexibility index (Phi) is 5.89. The maximum atomic E-state index is 12.6. The Morgan fingerprint density at radius 2 is 1.75 bits per heavy atom. The van der Waals surface area contributed by atoms with Gasteiger partial charge in [-0.1, -0.05) is 30.3 Å². The van der Waals surface area contributed by atoms with E-state index in [1.165, 1.54) is 7.11 Å². The van der Waals surface area contributed by atoms with E-state index in [2.05, 4.69) is 10.4 Å². The molecule has 1 aromatic heterocycles. The van der Waals surface area contributed by atoms with Crippen molar-refractivity contribution in [1.82, 2.24) is 15.1 Å². The number of carbonyl (C=O) groups excluding carboxylic acids is 2. The Morgan fingerprint density at radius 3 is 2.32 bits per heavy atom. The molecule has 6 nitrogen and oxygen atoms in total. The van der Waals surface area contributed by atoms with Crippen LogP contribution < -0.4 is 5.32 Å². The third-order valence-electron chi connectivity index (χ3n) is 4.46. The molecule has 0 spiro atoms. The standard InChI is InChI=1S/C22H23N3O3/c1-15-13-16(2)25(24-15)19-11-9-18(10-12-19)21(26)23-20(22(27)28-3)14-17-7-5-4-6-8-17/h4-13,20H,14H2,1-3H3,(H,23,26)/t20-/m1/s1. The van der Waals surface area contributed by atoms with Crippen LogP contribution >= 0.6 is 0 Å². The molecule has 3 aromatic rings. The molecule has 1 amide bonds. The zero-order valence-corrected chi connectivity index (χ0v) is 16.2. The molecule has 3 rings (SSSR count). The van der Waals surface area contributed by atoms with Gasteiger partial charge in [-0.3, -0.25) is 4.79 Å². The van der Waals surface area contributed by atoms with Gasteiger partial charge in [0.2, 0.25) is 0 Å². The maximum absolute atomic E-state index is 12.6. The molecule has 0 aliphatic heterocycles. The fourth-order valence-electron chi connectivity index (χ4n) is 3.07. The maximum Gasteiger partial charge on any atom is 0.328 e. The van der Waals surface area contributed by atoms with Gasteiger partial charge in [-0.25, -0.2) is 9.48 Å². The minimum atomic E-state index is -0.754. The first-order chi connectivity index (χ1) is 13.5. The number of ether oxygens (including phenoxy) is 1. The summed E-state index contributed by atoms with van der Waals surface area (Å²) in [5, 5.41) is 7.21. The number of esters is 1. The second kappa shape index (κ2) is 8.52. The van der Waals surface area contributed by atoms with Crippen LogP contribution in [0.5, 0.6) is 0 Å². The zero-order valence-electron chi connectivity index (χ0n) is 16.2. The van der Waals surface area contributed by atoms with Gasteiger partial charge < -0.3 is 10.1 Å². The minimum absolute atomic E-state index is 0.328. The number of hydrogen-bond donors (Lipinski definition) is 1. The number of aromatic nitrogens is 2. The lowest BCUT2D eigenvalue weighted by Crippen LogP contribution is -2.43. The summed E-state index contributed by atoms with van der Waals surface area (Å²) in [7, 11) is 1.32. The molecule has 0 saturated carbocycles. The van der Waals surface area contributed by atoms with E-state index < -0.39 is 12.0 Å². The van der Waals surface area contributed by atoms with Crippen molar-refractivity contribution in [1.29, 1.82) is 0 Å². The molecule has 0 radical (unpaired) electrons. The Balaban J connectivity index is 1.74. The van der Waals surface area contributed by atoms with Crippen LogP contribution in [0.1, 0.15) is 27.3 Å². The first-order valence-electron chi connectivity index (χ1n) is 9.04. The molecule has 0 bridgehead atoms. The average molecular weight is 377 g/mol. The fourth-order valence-corrected chi connectivity index (χ4v) is 3.07. The Bertz CT molecular complexity index is 962. The SMILES string of the molecule is COC(=O)[C@@H](Cc1ccccc1)NC(=O)c1ccc(-n2nc(C)cc2C)cc1. The highest BCUT2D eigenvalue weighted by atomic mass is 16.5. The number of benzene rings is 2. The average Bonchev–Trinajstić information content (AvgIpc) is 3.05. The van der Waals surface area contributed by atoms with E-state index in [4.69, 9.17) is 4.74 Å². The summed E-state index contributed by atoms with van der Waals surface area (Å²) in [5.74, 6) is -0.803. The largest absolute Gasteiger partial charge is 0.467 e. The third kappa shape index (κ3) is 4.46. The number of methoxy groups -OCH3 is 1. The predicted molar refractivity (Wildman–Crippen MR) is 106 cm³/mol. The van der Waals surface area contributed by atoms with E-state index in [-0.39, 0.29) is 5.91 Å². The van der Waals surface area contributed by atoms with Crippen LogP contribution in [0, 0.1) is 13.8 Å². The van der Waals surface area contributed by atoms with Gasteiger partial charge in [0.15, 0.2) is 0 Å². The van der Waals surface area contributed by atoms with Crippen LogP contribution in [-0.4, -0.2) is 34.8 Å². The summed E-state index contributed by atoms with van der Waals surface area (Å²) in [6, 6.07) is 17.8. The Morgan fingerprint density at radius 1 is 1.07 bits per heavy atom. The molecule has 6 heteroatoms. The van der Waals surface area contributed by atoms with Crippen molar-refractivity contribution in [2.24, 2.45) is 0 Å². The molecule has 0 saturated heterocycles. The molecule has 0 unspecified atom stereocenters. The quantitative estimate of drug-likeness (QED) is 0.670. The second-order valence-corrected chi connectivity index (χ2v) is 6.62. The van der Waals surface area contributed by atoms with Crippen molar-refractivity contribution in [3.63, 3.8) is 0 Å². The van der Waals surface area contributed by atoms with Gasteiger partial charge in [-0.05, 0) is 49.7 Å². The van der Waals surface area contributed by atoms with Gasteiger partial charge in [-0.2, -0.15) is 5.10 Å². The first kappa shape index (κ1) is 19.4. The molecule has 1 atom stereocenters. The first-order valence-corrected chi connectivity index (χ1v) is 9.04. The number of carbonyl (C=O) groups is 2. The number of nitrogens with one attached hydrogen (secondary N) is 1. The summed E-state index contributed by atoms with van der Waals surface area (Å²) in [5.41, 5.74) is 4.23. The molecule has 0 aliphatic rings. The van der Waals surface area contributed by atoms with E-state index in [1.807, 2.05) is 67.1 Å². The minimum Gasteiger partial charge on any atom is -0.467 e. The van der Waals surface area contributed by atoms with Crippen molar-refractivity contribution in [2.45, 2.75) is 26.3 Å². The summed E-state index contributed by atoms with van der Waals surface area (Å²) < 4.78 is 6.67. The summed E-state index contributed by atoms with van der Waals surface area (Å²) in [4.78, 5) is 24.8. The normalized spacial score (nSPS) is 11.7. The second-order valence-electron chi connectivity index (χ2n) is 6.62. The van der Waals surface area contributed by atoms with Gasteiger partial charge in [0.25, 0.3) is 5.91 Å². The van der Waals surface area contributed by atoms with E-state index in [0.717, 1.165) is 22.6 Å². The van der Waals surface area contributed by atoms with Crippen LogP contribution in [0.25, 0.3) is 5.69 Å². The molecular formula is C22H23N3O3. The van der Waals surface area contributed by atoms with Crippen molar-refractivity contribution in [2.75, 3.05) is 7.11 Å². The predicted octanol–water partition coefficient (Wildman–Crippen LogP) is 3.00. The number of rotatable bonds is 6. The van der Waals surface area contributed by atoms with Crippen LogP contribution in [0.3, 0.4) is 0 Å². The highest BCUT2D eigenvalue weighted by Crippen LogP contribution is 2.14. The third-order valence-corrected chi connectivity index (χ3v) is 4.46. The van der Waals surface area contributed by atoms with E-state index in [0.29, 0.717) is 12.0 Å². The Labute approximate surface area is 164 Å². The van der Waals surface area contributed by atoms with Crippen molar-refractivity contribution in [3.8, 4) is 5.69 Å². The zero-order chi connectivity index (χ0) is 20.1. The highest BCUT2D eigenvalue weighted by molar-refractivity contribution is 5.97. The van der Waals surface area contributed by atoms with E-state index >= 15 is 0 Å². The van der Waals surface area contributed by atoms with Crippen LogP contribution in [0.4, 0.5) is 0 Å². The fraction of sp³-hybridized carbons (Fsp3) is 0.227. The van der Waals surface area contributed by atoms with Gasteiger partial charge in [-0.15, -0.1) is 0 Å². The summed E-state index contributed by atoms with van der Waals surface area (Å²) >= 11 is 0. The topological polar surface area (TPSA) is 73.2 Å².